The summed E-state index contributed by atoms with van der Waals surface area (Å²) >= 11 is 0. The first-order valence-corrected chi connectivity index (χ1v) is 9.30. The minimum Gasteiger partial charge on any atom is -0.338 e. The molecule has 1 aliphatic heterocycles. The zero-order chi connectivity index (χ0) is 15.3. The lowest BCUT2D eigenvalue weighted by Crippen LogP contribution is -2.51. The van der Waals surface area contributed by atoms with E-state index in [2.05, 4.69) is 0 Å². The molecule has 0 aromatic rings. The van der Waals surface area contributed by atoms with Crippen molar-refractivity contribution in [3.05, 3.63) is 0 Å². The van der Waals surface area contributed by atoms with Gasteiger partial charge in [-0.05, 0) is 32.1 Å². The van der Waals surface area contributed by atoms with Crippen molar-refractivity contribution in [3.63, 3.8) is 0 Å². The van der Waals surface area contributed by atoms with Crippen molar-refractivity contribution in [1.82, 2.24) is 4.90 Å². The number of carbonyl (C=O) groups is 1. The average Bonchev–Trinajstić information content (AvgIpc) is 2.34. The molecule has 20 heavy (non-hydrogen) atoms. The van der Waals surface area contributed by atoms with Crippen LogP contribution in [-0.2, 0) is 14.6 Å². The molecule has 1 fully saturated rings. The Hall–Kier alpha value is -0.620. The van der Waals surface area contributed by atoms with Gasteiger partial charge in [-0.3, -0.25) is 4.79 Å². The van der Waals surface area contributed by atoms with E-state index in [0.717, 1.165) is 19.3 Å². The molecule has 1 aliphatic rings. The number of carbonyl (C=O) groups excluding carboxylic acids is 1. The van der Waals surface area contributed by atoms with Crippen LogP contribution in [0.4, 0.5) is 0 Å². The molecule has 1 heterocycles. The van der Waals surface area contributed by atoms with Crippen LogP contribution in [0.3, 0.4) is 0 Å². The fraction of sp³-hybridized carbons (Fsp3) is 0.929. The van der Waals surface area contributed by atoms with Gasteiger partial charge in [-0.15, -0.1) is 0 Å². The number of hydrogen-bond acceptors (Lipinski definition) is 4. The van der Waals surface area contributed by atoms with E-state index < -0.39 is 9.84 Å². The Labute approximate surface area is 122 Å². The van der Waals surface area contributed by atoms with Crippen LogP contribution < -0.4 is 5.73 Å². The number of nitrogens with two attached hydrogens (primary N) is 1. The highest BCUT2D eigenvalue weighted by atomic mass is 32.2. The van der Waals surface area contributed by atoms with Crippen molar-refractivity contribution in [2.24, 2.45) is 11.7 Å². The van der Waals surface area contributed by atoms with Crippen molar-refractivity contribution in [3.8, 4) is 0 Å². The molecule has 0 aliphatic carbocycles. The fourth-order valence-corrected chi connectivity index (χ4v) is 4.46. The molecule has 0 aromatic carbocycles. The van der Waals surface area contributed by atoms with E-state index in [-0.39, 0.29) is 41.8 Å². The zero-order valence-electron chi connectivity index (χ0n) is 12.8. The largest absolute Gasteiger partial charge is 0.338 e. The summed E-state index contributed by atoms with van der Waals surface area (Å²) in [5, 5.41) is 0. The van der Waals surface area contributed by atoms with Crippen LogP contribution in [0.2, 0.25) is 0 Å². The van der Waals surface area contributed by atoms with Crippen molar-refractivity contribution < 1.29 is 13.2 Å². The molecule has 1 saturated heterocycles. The molecular weight excluding hydrogens is 276 g/mol. The summed E-state index contributed by atoms with van der Waals surface area (Å²) < 4.78 is 23.7. The maximum absolute atomic E-state index is 12.3. The standard InChI is InChI=1S/C14H28N2O3S/c1-11(2)10-20(18,19)9-7-14(17)16-8-5-4-6-13(16)12(3)15/h11-13H,4-10,15H2,1-3H3. The lowest BCUT2D eigenvalue weighted by molar-refractivity contribution is -0.134. The topological polar surface area (TPSA) is 80.5 Å². The SMILES string of the molecule is CC(C)CS(=O)(=O)CCC(=O)N1CCCCC1C(C)N. The van der Waals surface area contributed by atoms with Gasteiger partial charge in [0.1, 0.15) is 0 Å². The molecule has 0 aromatic heterocycles. The summed E-state index contributed by atoms with van der Waals surface area (Å²) in [6, 6.07) is -0.00410. The number of sulfone groups is 1. The third-order valence-electron chi connectivity index (χ3n) is 3.69. The maximum Gasteiger partial charge on any atom is 0.223 e. The molecule has 6 heteroatoms. The Morgan fingerprint density at radius 3 is 2.50 bits per heavy atom. The van der Waals surface area contributed by atoms with Crippen LogP contribution in [0.25, 0.3) is 0 Å². The van der Waals surface area contributed by atoms with Crippen molar-refractivity contribution in [2.75, 3.05) is 18.1 Å². The normalized spacial score (nSPS) is 22.1. The van der Waals surface area contributed by atoms with Gasteiger partial charge in [0.05, 0.1) is 11.5 Å². The second kappa shape index (κ2) is 7.41. The summed E-state index contributed by atoms with van der Waals surface area (Å²) in [5.74, 6) is 0.129. The van der Waals surface area contributed by atoms with Crippen LogP contribution in [0.15, 0.2) is 0 Å². The summed E-state index contributed by atoms with van der Waals surface area (Å²) in [4.78, 5) is 14.0. The molecular formula is C14H28N2O3S. The molecule has 0 radical (unpaired) electrons. The third-order valence-corrected chi connectivity index (χ3v) is 5.69. The monoisotopic (exact) mass is 304 g/mol. The van der Waals surface area contributed by atoms with Gasteiger partial charge < -0.3 is 10.6 Å². The Kier molecular flexibility index (Phi) is 6.45. The first-order chi connectivity index (χ1) is 9.23. The first-order valence-electron chi connectivity index (χ1n) is 7.48. The van der Waals surface area contributed by atoms with Gasteiger partial charge in [-0.1, -0.05) is 13.8 Å². The van der Waals surface area contributed by atoms with E-state index in [9.17, 15) is 13.2 Å². The van der Waals surface area contributed by atoms with E-state index in [1.807, 2.05) is 20.8 Å². The summed E-state index contributed by atoms with van der Waals surface area (Å²) in [6.45, 7) is 6.35. The van der Waals surface area contributed by atoms with Crippen molar-refractivity contribution in [1.29, 1.82) is 0 Å². The van der Waals surface area contributed by atoms with Crippen molar-refractivity contribution in [2.45, 2.75) is 58.5 Å². The number of hydrogen-bond donors (Lipinski definition) is 1. The number of nitrogens with zero attached hydrogens (tertiary/aromatic N) is 1. The number of amides is 1. The molecule has 0 spiro atoms. The molecule has 5 nitrogen and oxygen atoms in total. The highest BCUT2D eigenvalue weighted by Crippen LogP contribution is 2.20. The maximum atomic E-state index is 12.3. The Bertz CT molecular complexity index is 418. The predicted molar refractivity (Wildman–Crippen MR) is 81.1 cm³/mol. The van der Waals surface area contributed by atoms with Gasteiger partial charge in [0, 0.05) is 25.0 Å². The van der Waals surface area contributed by atoms with Gasteiger partial charge in [-0.25, -0.2) is 8.42 Å². The van der Waals surface area contributed by atoms with Crippen LogP contribution >= 0.6 is 0 Å². The summed E-state index contributed by atoms with van der Waals surface area (Å²) in [6.07, 6.45) is 3.07. The Morgan fingerprint density at radius 2 is 1.95 bits per heavy atom. The average molecular weight is 304 g/mol. The Balaban J connectivity index is 2.57. The molecule has 2 N–H and O–H groups in total. The zero-order valence-corrected chi connectivity index (χ0v) is 13.7. The van der Waals surface area contributed by atoms with E-state index in [1.54, 1.807) is 4.90 Å². The Morgan fingerprint density at radius 1 is 1.30 bits per heavy atom. The lowest BCUT2D eigenvalue weighted by atomic mass is 9.96. The molecule has 2 unspecified atom stereocenters. The molecule has 118 valence electrons. The van der Waals surface area contributed by atoms with Crippen LogP contribution in [0.5, 0.6) is 0 Å². The molecule has 0 saturated carbocycles. The van der Waals surface area contributed by atoms with Gasteiger partial charge in [-0.2, -0.15) is 0 Å². The number of likely N-dealkylation sites (tertiary alicyclic amines) is 1. The van der Waals surface area contributed by atoms with E-state index in [4.69, 9.17) is 5.73 Å². The van der Waals surface area contributed by atoms with E-state index in [1.165, 1.54) is 0 Å². The number of piperidine rings is 1. The van der Waals surface area contributed by atoms with E-state index >= 15 is 0 Å². The highest BCUT2D eigenvalue weighted by Gasteiger charge is 2.29. The van der Waals surface area contributed by atoms with Gasteiger partial charge in [0.2, 0.25) is 5.91 Å². The summed E-state index contributed by atoms with van der Waals surface area (Å²) in [7, 11) is -3.13. The summed E-state index contributed by atoms with van der Waals surface area (Å²) in [5.41, 5.74) is 5.93. The molecule has 2 atom stereocenters. The predicted octanol–water partition coefficient (Wildman–Crippen LogP) is 1.18. The first kappa shape index (κ1) is 17.4. The van der Waals surface area contributed by atoms with E-state index in [0.29, 0.717) is 6.54 Å². The molecule has 1 rings (SSSR count). The van der Waals surface area contributed by atoms with Gasteiger partial charge in [0.25, 0.3) is 0 Å². The van der Waals surface area contributed by atoms with Gasteiger partial charge in [0.15, 0.2) is 9.84 Å². The smallest absolute Gasteiger partial charge is 0.223 e. The second-order valence-electron chi connectivity index (χ2n) is 6.27. The second-order valence-corrected chi connectivity index (χ2v) is 8.50. The van der Waals surface area contributed by atoms with Crippen molar-refractivity contribution >= 4 is 15.7 Å². The van der Waals surface area contributed by atoms with Crippen LogP contribution in [-0.4, -0.2) is 49.4 Å². The minimum atomic E-state index is -3.13. The number of rotatable bonds is 6. The quantitative estimate of drug-likeness (QED) is 0.799. The van der Waals surface area contributed by atoms with Crippen LogP contribution in [0, 0.1) is 5.92 Å². The van der Waals surface area contributed by atoms with Crippen LogP contribution in [0.1, 0.15) is 46.5 Å². The molecule has 1 amide bonds. The lowest BCUT2D eigenvalue weighted by Gasteiger charge is -2.38. The van der Waals surface area contributed by atoms with Gasteiger partial charge >= 0.3 is 0 Å². The highest BCUT2D eigenvalue weighted by molar-refractivity contribution is 7.91. The minimum absolute atomic E-state index is 0.0494. The fourth-order valence-electron chi connectivity index (χ4n) is 2.79. The molecule has 0 bridgehead atoms. The third kappa shape index (κ3) is 5.40.